The molecule has 2 heterocycles. The van der Waals surface area contributed by atoms with E-state index in [0.717, 1.165) is 4.57 Å². The molecule has 1 saturated heterocycles. The smallest absolute Gasteiger partial charge is 0.387 e. The highest BCUT2D eigenvalue weighted by Gasteiger charge is 2.44. The van der Waals surface area contributed by atoms with Crippen LogP contribution in [0, 0.1) is 0 Å². The van der Waals surface area contributed by atoms with Crippen LogP contribution in [-0.2, 0) is 13.8 Å². The van der Waals surface area contributed by atoms with Crippen molar-refractivity contribution in [2.45, 2.75) is 24.5 Å². The Labute approximate surface area is 117 Å². The van der Waals surface area contributed by atoms with Crippen molar-refractivity contribution in [1.29, 1.82) is 0 Å². The fourth-order valence-electron chi connectivity index (χ4n) is 1.89. The highest BCUT2D eigenvalue weighted by atomic mass is 31.2. The molecule has 21 heavy (non-hydrogen) atoms. The van der Waals surface area contributed by atoms with E-state index >= 15 is 0 Å². The molecular weight excluding hydrogens is 309 g/mol. The molecule has 0 radical (unpaired) electrons. The van der Waals surface area contributed by atoms with Crippen LogP contribution in [0.2, 0.25) is 0 Å². The first-order valence-corrected chi connectivity index (χ1v) is 7.28. The van der Waals surface area contributed by atoms with Crippen LogP contribution in [0.1, 0.15) is 6.23 Å². The van der Waals surface area contributed by atoms with Gasteiger partial charge < -0.3 is 30.5 Å². The highest BCUT2D eigenvalue weighted by molar-refractivity contribution is 7.46. The zero-order valence-electron chi connectivity index (χ0n) is 10.5. The summed E-state index contributed by atoms with van der Waals surface area (Å²) in [4.78, 5) is 32.3. The first-order chi connectivity index (χ1) is 9.69. The van der Waals surface area contributed by atoms with Gasteiger partial charge in [0.1, 0.15) is 24.1 Å². The number of nitrogens with two attached hydrogens (primary N) is 1. The summed E-state index contributed by atoms with van der Waals surface area (Å²) in [7, 11) is -4.74. The van der Waals surface area contributed by atoms with Crippen molar-refractivity contribution in [3.8, 4) is 0 Å². The topological polar surface area (TPSA) is 177 Å². The Balaban J connectivity index is 2.16. The zero-order chi connectivity index (χ0) is 15.8. The van der Waals surface area contributed by atoms with Gasteiger partial charge in [0.05, 0.1) is 6.61 Å². The third-order valence-corrected chi connectivity index (χ3v) is 3.36. The lowest BCUT2D eigenvalue weighted by molar-refractivity contribution is -0.0542. The van der Waals surface area contributed by atoms with Gasteiger partial charge >= 0.3 is 13.5 Å². The number of aromatic nitrogens is 2. The quantitative estimate of drug-likeness (QED) is 0.374. The standard InChI is InChI=1S/C9H14N3O8P/c10-5-1-2-12(9(15)11-5)8-7(14)6(13)4(20-8)3-19-21(16,17)18/h1-2,4,6-8,13-14H,3H2,(H2,10,11,15)(H2,16,17,18)/t4-,6-,7-,8+/m1/s1. The number of aliphatic hydroxyl groups is 2. The summed E-state index contributed by atoms with van der Waals surface area (Å²) in [5.41, 5.74) is 4.52. The van der Waals surface area contributed by atoms with Crippen molar-refractivity contribution in [3.63, 3.8) is 0 Å². The number of nitrogens with zero attached hydrogens (tertiary/aromatic N) is 2. The maximum atomic E-state index is 11.6. The minimum atomic E-state index is -4.74. The average Bonchev–Trinajstić information content (AvgIpc) is 2.64. The Morgan fingerprint density at radius 2 is 2.10 bits per heavy atom. The molecule has 1 aliphatic rings. The Bertz CT molecular complexity index is 615. The van der Waals surface area contributed by atoms with Crippen molar-refractivity contribution in [1.82, 2.24) is 9.55 Å². The van der Waals surface area contributed by atoms with Gasteiger partial charge in [-0.1, -0.05) is 0 Å². The van der Waals surface area contributed by atoms with Crippen LogP contribution in [-0.4, -0.2) is 54.5 Å². The van der Waals surface area contributed by atoms with E-state index in [1.54, 1.807) is 0 Å². The number of phosphoric acid groups is 1. The monoisotopic (exact) mass is 323 g/mol. The van der Waals surface area contributed by atoms with Gasteiger partial charge in [-0.15, -0.1) is 0 Å². The van der Waals surface area contributed by atoms with Gasteiger partial charge in [-0.3, -0.25) is 9.09 Å². The van der Waals surface area contributed by atoms with Gasteiger partial charge in [0.25, 0.3) is 0 Å². The van der Waals surface area contributed by atoms with Crippen LogP contribution in [0.15, 0.2) is 17.1 Å². The molecule has 118 valence electrons. The number of anilines is 1. The molecule has 2 rings (SSSR count). The SMILES string of the molecule is Nc1ccn([C@H]2O[C@H](COP(=O)(O)O)[C@@H](O)[C@H]2O)c(=O)n1. The minimum absolute atomic E-state index is 0.0225. The summed E-state index contributed by atoms with van der Waals surface area (Å²) in [5.74, 6) is -0.0225. The molecule has 0 spiro atoms. The summed E-state index contributed by atoms with van der Waals surface area (Å²) >= 11 is 0. The molecule has 6 N–H and O–H groups in total. The lowest BCUT2D eigenvalue weighted by atomic mass is 10.1. The second-order valence-electron chi connectivity index (χ2n) is 4.37. The Kier molecular flexibility index (Phi) is 4.44. The van der Waals surface area contributed by atoms with E-state index in [1.165, 1.54) is 12.3 Å². The maximum Gasteiger partial charge on any atom is 0.469 e. The molecule has 1 aromatic heterocycles. The number of hydrogen-bond acceptors (Lipinski definition) is 8. The molecule has 11 nitrogen and oxygen atoms in total. The molecule has 1 aliphatic heterocycles. The van der Waals surface area contributed by atoms with E-state index < -0.39 is 44.7 Å². The number of hydrogen-bond donors (Lipinski definition) is 5. The number of aliphatic hydroxyl groups excluding tert-OH is 2. The van der Waals surface area contributed by atoms with E-state index in [1.807, 2.05) is 0 Å². The van der Waals surface area contributed by atoms with Crippen LogP contribution in [0.5, 0.6) is 0 Å². The molecule has 0 unspecified atom stereocenters. The van der Waals surface area contributed by atoms with E-state index in [4.69, 9.17) is 20.3 Å². The van der Waals surface area contributed by atoms with Gasteiger partial charge in [0.2, 0.25) is 0 Å². The van der Waals surface area contributed by atoms with Crippen LogP contribution >= 0.6 is 7.82 Å². The van der Waals surface area contributed by atoms with Gasteiger partial charge in [-0.25, -0.2) is 9.36 Å². The van der Waals surface area contributed by atoms with Gasteiger partial charge in [0.15, 0.2) is 6.23 Å². The molecule has 1 aromatic rings. The first-order valence-electron chi connectivity index (χ1n) is 5.75. The molecule has 0 amide bonds. The fraction of sp³-hybridized carbons (Fsp3) is 0.556. The minimum Gasteiger partial charge on any atom is -0.387 e. The van der Waals surface area contributed by atoms with Crippen molar-refractivity contribution in [2.75, 3.05) is 12.3 Å². The largest absolute Gasteiger partial charge is 0.469 e. The Morgan fingerprint density at radius 1 is 1.43 bits per heavy atom. The number of phosphoric ester groups is 1. The van der Waals surface area contributed by atoms with Crippen LogP contribution < -0.4 is 11.4 Å². The van der Waals surface area contributed by atoms with Crippen molar-refractivity contribution in [2.24, 2.45) is 0 Å². The molecule has 4 atom stereocenters. The van der Waals surface area contributed by atoms with Crippen molar-refractivity contribution < 1.29 is 33.8 Å². The van der Waals surface area contributed by atoms with Crippen LogP contribution in [0.3, 0.4) is 0 Å². The number of nitrogen functional groups attached to an aromatic ring is 1. The first kappa shape index (κ1) is 16.0. The Hall–Kier alpha value is -1.33. The zero-order valence-corrected chi connectivity index (χ0v) is 11.4. The normalized spacial score (nSPS) is 29.7. The van der Waals surface area contributed by atoms with Crippen molar-refractivity contribution >= 4 is 13.6 Å². The summed E-state index contributed by atoms with van der Waals surface area (Å²) in [6, 6.07) is 1.29. The van der Waals surface area contributed by atoms with Gasteiger partial charge in [-0.05, 0) is 6.07 Å². The fourth-order valence-corrected chi connectivity index (χ4v) is 2.23. The second-order valence-corrected chi connectivity index (χ2v) is 5.61. The molecule has 0 aromatic carbocycles. The molecule has 0 saturated carbocycles. The predicted molar refractivity (Wildman–Crippen MR) is 66.8 cm³/mol. The molecule has 12 heteroatoms. The summed E-state index contributed by atoms with van der Waals surface area (Å²) in [6.45, 7) is -0.657. The Morgan fingerprint density at radius 3 is 2.67 bits per heavy atom. The molecule has 0 aliphatic carbocycles. The number of rotatable bonds is 4. The summed E-state index contributed by atoms with van der Waals surface area (Å²) < 4.78 is 20.9. The van der Waals surface area contributed by atoms with Gasteiger partial charge in [0, 0.05) is 6.20 Å². The van der Waals surface area contributed by atoms with Crippen LogP contribution in [0.25, 0.3) is 0 Å². The highest BCUT2D eigenvalue weighted by Crippen LogP contribution is 2.38. The maximum absolute atomic E-state index is 11.6. The van der Waals surface area contributed by atoms with Crippen LogP contribution in [0.4, 0.5) is 5.82 Å². The van der Waals surface area contributed by atoms with E-state index in [2.05, 4.69) is 9.51 Å². The predicted octanol–water partition coefficient (Wildman–Crippen LogP) is -2.45. The lowest BCUT2D eigenvalue weighted by Gasteiger charge is -2.16. The second kappa shape index (κ2) is 5.81. The van der Waals surface area contributed by atoms with E-state index in [-0.39, 0.29) is 5.82 Å². The lowest BCUT2D eigenvalue weighted by Crippen LogP contribution is -2.36. The van der Waals surface area contributed by atoms with E-state index in [9.17, 15) is 19.6 Å². The summed E-state index contributed by atoms with van der Waals surface area (Å²) in [5, 5.41) is 19.6. The third-order valence-electron chi connectivity index (χ3n) is 2.87. The molecular formula is C9H14N3O8P. The molecule has 1 fully saturated rings. The summed E-state index contributed by atoms with van der Waals surface area (Å²) in [6.07, 6.45) is -4.27. The number of ether oxygens (including phenoxy) is 1. The molecule has 0 bridgehead atoms. The van der Waals surface area contributed by atoms with E-state index in [0.29, 0.717) is 0 Å². The third kappa shape index (κ3) is 3.66. The average molecular weight is 323 g/mol. The van der Waals surface area contributed by atoms with Crippen molar-refractivity contribution in [3.05, 3.63) is 22.7 Å². The van der Waals surface area contributed by atoms with Gasteiger partial charge in [-0.2, -0.15) is 4.98 Å².